The van der Waals surface area contributed by atoms with Crippen LogP contribution in [0.2, 0.25) is 5.28 Å². The molecule has 0 saturated carbocycles. The lowest BCUT2D eigenvalue weighted by molar-refractivity contribution is 0.607. The van der Waals surface area contributed by atoms with E-state index < -0.39 is 0 Å². The summed E-state index contributed by atoms with van der Waals surface area (Å²) in [7, 11) is 0. The third-order valence-corrected chi connectivity index (χ3v) is 3.39. The molecule has 0 aromatic carbocycles. The van der Waals surface area contributed by atoms with Gasteiger partial charge in [-0.3, -0.25) is 0 Å². The molecule has 2 rings (SSSR count). The van der Waals surface area contributed by atoms with Gasteiger partial charge in [-0.05, 0) is 37.3 Å². The molecule has 0 spiro atoms. The Morgan fingerprint density at radius 3 is 2.47 bits per heavy atom. The number of anilines is 2. The van der Waals surface area contributed by atoms with Crippen LogP contribution in [0.1, 0.15) is 33.6 Å². The Morgan fingerprint density at radius 2 is 1.89 bits per heavy atom. The maximum atomic E-state index is 6.05. The highest BCUT2D eigenvalue weighted by atomic mass is 35.5. The van der Waals surface area contributed by atoms with Crippen LogP contribution in [0.15, 0.2) is 0 Å². The van der Waals surface area contributed by atoms with Crippen molar-refractivity contribution in [2.45, 2.75) is 33.6 Å². The summed E-state index contributed by atoms with van der Waals surface area (Å²) in [6.45, 7) is 10.3. The third kappa shape index (κ3) is 3.69. The standard InChI is InChI=1S/C13H22ClN5/c1-4-18(9-10(2)3)12-15-11(14)16-13(17-12)19-7-5-6-8-19/h10H,4-9H2,1-3H3. The highest BCUT2D eigenvalue weighted by Crippen LogP contribution is 2.20. The first kappa shape index (κ1) is 14.3. The second kappa shape index (κ2) is 6.37. The number of hydrogen-bond acceptors (Lipinski definition) is 5. The van der Waals surface area contributed by atoms with Crippen LogP contribution in [0.5, 0.6) is 0 Å². The van der Waals surface area contributed by atoms with Crippen molar-refractivity contribution in [2.24, 2.45) is 5.92 Å². The van der Waals surface area contributed by atoms with E-state index in [1.54, 1.807) is 0 Å². The van der Waals surface area contributed by atoms with Crippen LogP contribution in [0.25, 0.3) is 0 Å². The molecule has 1 aliphatic heterocycles. The fraction of sp³-hybridized carbons (Fsp3) is 0.769. The fourth-order valence-corrected chi connectivity index (χ4v) is 2.47. The lowest BCUT2D eigenvalue weighted by Gasteiger charge is -2.24. The van der Waals surface area contributed by atoms with E-state index in [2.05, 4.69) is 45.5 Å². The van der Waals surface area contributed by atoms with E-state index in [0.717, 1.165) is 32.1 Å². The predicted octanol–water partition coefficient (Wildman–Crippen LogP) is 2.61. The van der Waals surface area contributed by atoms with Crippen LogP contribution in [0.4, 0.5) is 11.9 Å². The molecular weight excluding hydrogens is 262 g/mol. The number of rotatable bonds is 5. The summed E-state index contributed by atoms with van der Waals surface area (Å²) in [5.74, 6) is 1.97. The van der Waals surface area contributed by atoms with Crippen LogP contribution in [-0.2, 0) is 0 Å². The van der Waals surface area contributed by atoms with Gasteiger partial charge in [0.15, 0.2) is 0 Å². The highest BCUT2D eigenvalue weighted by molar-refractivity contribution is 6.28. The Morgan fingerprint density at radius 1 is 1.21 bits per heavy atom. The first-order chi connectivity index (χ1) is 9.10. The summed E-state index contributed by atoms with van der Waals surface area (Å²) in [6.07, 6.45) is 2.39. The van der Waals surface area contributed by atoms with Crippen LogP contribution >= 0.6 is 11.6 Å². The van der Waals surface area contributed by atoms with E-state index in [0.29, 0.717) is 11.9 Å². The number of hydrogen-bond donors (Lipinski definition) is 0. The molecule has 1 aliphatic rings. The van der Waals surface area contributed by atoms with Crippen molar-refractivity contribution in [3.05, 3.63) is 5.28 Å². The predicted molar refractivity (Wildman–Crippen MR) is 79.0 cm³/mol. The monoisotopic (exact) mass is 283 g/mol. The molecule has 5 nitrogen and oxygen atoms in total. The van der Waals surface area contributed by atoms with Crippen molar-refractivity contribution in [1.82, 2.24) is 15.0 Å². The van der Waals surface area contributed by atoms with Gasteiger partial charge >= 0.3 is 0 Å². The van der Waals surface area contributed by atoms with Crippen molar-refractivity contribution < 1.29 is 0 Å². The minimum absolute atomic E-state index is 0.286. The molecule has 0 bridgehead atoms. The van der Waals surface area contributed by atoms with Crippen molar-refractivity contribution in [3.8, 4) is 0 Å². The molecule has 6 heteroatoms. The smallest absolute Gasteiger partial charge is 0.231 e. The SMILES string of the molecule is CCN(CC(C)C)c1nc(Cl)nc(N2CCCC2)n1. The minimum Gasteiger partial charge on any atom is -0.341 e. The Kier molecular flexibility index (Phi) is 4.80. The topological polar surface area (TPSA) is 45.2 Å². The molecule has 1 fully saturated rings. The molecule has 0 amide bonds. The van der Waals surface area contributed by atoms with Gasteiger partial charge in [-0.15, -0.1) is 0 Å². The zero-order valence-electron chi connectivity index (χ0n) is 11.9. The summed E-state index contributed by atoms with van der Waals surface area (Å²) in [6, 6.07) is 0. The normalized spacial score (nSPS) is 15.3. The average molecular weight is 284 g/mol. The highest BCUT2D eigenvalue weighted by Gasteiger charge is 2.19. The summed E-state index contributed by atoms with van der Waals surface area (Å²) in [5.41, 5.74) is 0. The molecule has 1 aromatic heterocycles. The maximum absolute atomic E-state index is 6.05. The van der Waals surface area contributed by atoms with Gasteiger partial charge in [-0.25, -0.2) is 0 Å². The Labute approximate surface area is 120 Å². The van der Waals surface area contributed by atoms with Crippen molar-refractivity contribution in [1.29, 1.82) is 0 Å². The Bertz CT molecular complexity index is 417. The second-order valence-corrected chi connectivity index (χ2v) is 5.67. The molecule has 0 unspecified atom stereocenters. The third-order valence-electron chi connectivity index (χ3n) is 3.22. The van der Waals surface area contributed by atoms with Crippen LogP contribution < -0.4 is 9.80 Å². The molecular formula is C13H22ClN5. The van der Waals surface area contributed by atoms with E-state index in [9.17, 15) is 0 Å². The van der Waals surface area contributed by atoms with Gasteiger partial charge in [0.25, 0.3) is 0 Å². The summed E-state index contributed by atoms with van der Waals surface area (Å²) < 4.78 is 0. The molecule has 1 aromatic rings. The van der Waals surface area contributed by atoms with Gasteiger partial charge in [-0.2, -0.15) is 15.0 Å². The van der Waals surface area contributed by atoms with Crippen LogP contribution in [0, 0.1) is 5.92 Å². The summed E-state index contributed by atoms with van der Waals surface area (Å²) in [5, 5.41) is 0.286. The van der Waals surface area contributed by atoms with E-state index in [4.69, 9.17) is 11.6 Å². The first-order valence-electron chi connectivity index (χ1n) is 7.01. The maximum Gasteiger partial charge on any atom is 0.231 e. The van der Waals surface area contributed by atoms with Crippen LogP contribution in [-0.4, -0.2) is 41.1 Å². The van der Waals surface area contributed by atoms with E-state index in [1.807, 2.05) is 0 Å². The zero-order valence-corrected chi connectivity index (χ0v) is 12.7. The Hall–Kier alpha value is -1.10. The molecule has 1 saturated heterocycles. The minimum atomic E-state index is 0.286. The van der Waals surface area contributed by atoms with E-state index >= 15 is 0 Å². The lowest BCUT2D eigenvalue weighted by atomic mass is 10.2. The number of nitrogens with zero attached hydrogens (tertiary/aromatic N) is 5. The quantitative estimate of drug-likeness (QED) is 0.831. The Balaban J connectivity index is 2.23. The molecule has 2 heterocycles. The molecule has 19 heavy (non-hydrogen) atoms. The van der Waals surface area contributed by atoms with Crippen molar-refractivity contribution >= 4 is 23.5 Å². The molecule has 0 N–H and O–H groups in total. The van der Waals surface area contributed by atoms with E-state index in [1.165, 1.54) is 12.8 Å². The number of aromatic nitrogens is 3. The summed E-state index contributed by atoms with van der Waals surface area (Å²) in [4.78, 5) is 17.4. The van der Waals surface area contributed by atoms with Gasteiger partial charge in [-0.1, -0.05) is 13.8 Å². The van der Waals surface area contributed by atoms with Gasteiger partial charge in [0.2, 0.25) is 17.2 Å². The molecule has 0 radical (unpaired) electrons. The first-order valence-corrected chi connectivity index (χ1v) is 7.39. The van der Waals surface area contributed by atoms with Crippen molar-refractivity contribution in [3.63, 3.8) is 0 Å². The summed E-state index contributed by atoms with van der Waals surface area (Å²) >= 11 is 6.05. The van der Waals surface area contributed by atoms with Gasteiger partial charge in [0.05, 0.1) is 0 Å². The average Bonchev–Trinajstić information content (AvgIpc) is 2.88. The molecule has 0 atom stereocenters. The van der Waals surface area contributed by atoms with Gasteiger partial charge < -0.3 is 9.80 Å². The van der Waals surface area contributed by atoms with Crippen LogP contribution in [0.3, 0.4) is 0 Å². The van der Waals surface area contributed by atoms with E-state index in [-0.39, 0.29) is 5.28 Å². The van der Waals surface area contributed by atoms with Gasteiger partial charge in [0, 0.05) is 26.2 Å². The number of halogens is 1. The van der Waals surface area contributed by atoms with Crippen molar-refractivity contribution in [2.75, 3.05) is 36.0 Å². The van der Waals surface area contributed by atoms with Gasteiger partial charge in [0.1, 0.15) is 0 Å². The largest absolute Gasteiger partial charge is 0.341 e. The molecule has 0 aliphatic carbocycles. The second-order valence-electron chi connectivity index (χ2n) is 5.33. The fourth-order valence-electron chi connectivity index (χ4n) is 2.32. The molecule has 106 valence electrons. The zero-order chi connectivity index (χ0) is 13.8. The lowest BCUT2D eigenvalue weighted by Crippen LogP contribution is -2.30.